The van der Waals surface area contributed by atoms with E-state index in [-0.39, 0.29) is 12.5 Å². The maximum atomic E-state index is 13.9. The molecule has 0 aliphatic heterocycles. The van der Waals surface area contributed by atoms with Crippen LogP contribution in [0.4, 0.5) is 4.79 Å². The average molecular weight is 524 g/mol. The molecule has 2 N–H and O–H groups in total. The van der Waals surface area contributed by atoms with E-state index < -0.39 is 35.7 Å². The van der Waals surface area contributed by atoms with Gasteiger partial charge in [0.15, 0.2) is 0 Å². The lowest BCUT2D eigenvalue weighted by molar-refractivity contribution is -0.144. The molecule has 3 amide bonds. The third-order valence-corrected chi connectivity index (χ3v) is 5.87. The minimum Gasteiger partial charge on any atom is -0.468 e. The van der Waals surface area contributed by atoms with Crippen molar-refractivity contribution in [3.05, 3.63) is 35.4 Å². The molecule has 0 radical (unpaired) electrons. The lowest BCUT2D eigenvalue weighted by atomic mass is 10.0. The topological polar surface area (TPSA) is 114 Å². The zero-order valence-corrected chi connectivity index (χ0v) is 23.3. The molecule has 2 atom stereocenters. The van der Waals surface area contributed by atoms with Crippen molar-refractivity contribution in [2.24, 2.45) is 0 Å². The molecule has 36 heavy (non-hydrogen) atoms. The summed E-state index contributed by atoms with van der Waals surface area (Å²) in [4.78, 5) is 53.0. The SMILES string of the molecule is CCCCN(C(=O)C(CCSC)NC(=O)OC(C)(C)C)C(C(=O)NCC(=O)OC)c1ccc(C)cc1. The predicted molar refractivity (Wildman–Crippen MR) is 142 cm³/mol. The maximum Gasteiger partial charge on any atom is 0.408 e. The fourth-order valence-electron chi connectivity index (χ4n) is 3.39. The number of methoxy groups -OCH3 is 1. The van der Waals surface area contributed by atoms with E-state index in [2.05, 4.69) is 15.4 Å². The van der Waals surface area contributed by atoms with Crippen molar-refractivity contribution in [3.8, 4) is 0 Å². The van der Waals surface area contributed by atoms with Crippen LogP contribution in [0, 0.1) is 6.92 Å². The van der Waals surface area contributed by atoms with E-state index in [1.165, 1.54) is 12.0 Å². The summed E-state index contributed by atoms with van der Waals surface area (Å²) in [5, 5.41) is 5.30. The Hall–Kier alpha value is -2.75. The van der Waals surface area contributed by atoms with Crippen LogP contribution < -0.4 is 10.6 Å². The van der Waals surface area contributed by atoms with Crippen molar-refractivity contribution < 1.29 is 28.7 Å². The number of esters is 1. The van der Waals surface area contributed by atoms with Crippen LogP contribution in [0.25, 0.3) is 0 Å². The third-order valence-electron chi connectivity index (χ3n) is 5.22. The molecule has 0 fully saturated rings. The zero-order chi connectivity index (χ0) is 27.3. The van der Waals surface area contributed by atoms with E-state index in [1.54, 1.807) is 44.7 Å². The van der Waals surface area contributed by atoms with Crippen LogP contribution in [0.2, 0.25) is 0 Å². The second kappa shape index (κ2) is 15.4. The summed E-state index contributed by atoms with van der Waals surface area (Å²) in [5.74, 6) is -0.865. The molecule has 0 spiro atoms. The first kappa shape index (κ1) is 31.3. The largest absolute Gasteiger partial charge is 0.468 e. The standard InChI is InChI=1S/C26H41N3O6S/c1-8-9-15-29(24(32)20(14-16-36-7)28-25(33)35-26(3,4)5)22(19-12-10-18(2)11-13-19)23(31)27-17-21(30)34-6/h10-13,20,22H,8-9,14-17H2,1-7H3,(H,27,31)(H,28,33). The summed E-state index contributed by atoms with van der Waals surface area (Å²) < 4.78 is 10.0. The number of nitrogens with zero attached hydrogens (tertiary/aromatic N) is 1. The Morgan fingerprint density at radius 1 is 1.11 bits per heavy atom. The van der Waals surface area contributed by atoms with Crippen LogP contribution in [0.15, 0.2) is 24.3 Å². The van der Waals surface area contributed by atoms with E-state index in [4.69, 9.17) is 4.74 Å². The number of amides is 3. The number of hydrogen-bond acceptors (Lipinski definition) is 7. The molecular weight excluding hydrogens is 482 g/mol. The first-order valence-electron chi connectivity index (χ1n) is 12.1. The number of rotatable bonds is 13. The van der Waals surface area contributed by atoms with Gasteiger partial charge in [-0.1, -0.05) is 43.2 Å². The van der Waals surface area contributed by atoms with E-state index in [0.717, 1.165) is 12.0 Å². The van der Waals surface area contributed by atoms with Gasteiger partial charge in [0, 0.05) is 6.54 Å². The molecule has 2 unspecified atom stereocenters. The number of aryl methyl sites for hydroxylation is 1. The zero-order valence-electron chi connectivity index (χ0n) is 22.5. The molecule has 0 saturated carbocycles. The highest BCUT2D eigenvalue weighted by atomic mass is 32.2. The number of carbonyl (C=O) groups excluding carboxylic acids is 4. The number of benzene rings is 1. The highest BCUT2D eigenvalue weighted by Crippen LogP contribution is 2.24. The highest BCUT2D eigenvalue weighted by Gasteiger charge is 2.36. The van der Waals surface area contributed by atoms with Crippen LogP contribution in [-0.2, 0) is 23.9 Å². The number of unbranched alkanes of at least 4 members (excludes halogenated alkanes) is 1. The van der Waals surface area contributed by atoms with Crippen LogP contribution in [0.5, 0.6) is 0 Å². The van der Waals surface area contributed by atoms with Crippen molar-refractivity contribution in [3.63, 3.8) is 0 Å². The average Bonchev–Trinajstić information content (AvgIpc) is 2.81. The second-order valence-corrected chi connectivity index (χ2v) is 10.5. The van der Waals surface area contributed by atoms with Crippen LogP contribution in [-0.4, -0.2) is 72.6 Å². The molecule has 1 rings (SSSR count). The summed E-state index contributed by atoms with van der Waals surface area (Å²) in [7, 11) is 1.24. The highest BCUT2D eigenvalue weighted by molar-refractivity contribution is 7.98. The lowest BCUT2D eigenvalue weighted by Crippen LogP contribution is -2.53. The van der Waals surface area contributed by atoms with Gasteiger partial charge >= 0.3 is 12.1 Å². The number of hydrogen-bond donors (Lipinski definition) is 2. The Morgan fingerprint density at radius 2 is 1.75 bits per heavy atom. The monoisotopic (exact) mass is 523 g/mol. The van der Waals surface area contributed by atoms with Crippen LogP contribution in [0.1, 0.15) is 64.1 Å². The van der Waals surface area contributed by atoms with Gasteiger partial charge in [-0.15, -0.1) is 0 Å². The molecule has 10 heteroatoms. The normalized spacial score (nSPS) is 12.8. The summed E-state index contributed by atoms with van der Waals surface area (Å²) in [6.07, 6.45) is 3.04. The molecule has 0 saturated heterocycles. The fourth-order valence-corrected chi connectivity index (χ4v) is 3.86. The van der Waals surface area contributed by atoms with Gasteiger partial charge < -0.3 is 25.0 Å². The van der Waals surface area contributed by atoms with Gasteiger partial charge in [0.1, 0.15) is 24.2 Å². The molecule has 0 heterocycles. The number of carbonyl (C=O) groups is 4. The molecule has 0 aromatic heterocycles. The lowest BCUT2D eigenvalue weighted by Gasteiger charge is -2.34. The van der Waals surface area contributed by atoms with E-state index in [0.29, 0.717) is 30.7 Å². The Balaban J connectivity index is 3.40. The molecule has 0 aliphatic carbocycles. The van der Waals surface area contributed by atoms with Gasteiger partial charge in [0.2, 0.25) is 11.8 Å². The molecular formula is C26H41N3O6S. The van der Waals surface area contributed by atoms with Crippen molar-refractivity contribution >= 4 is 35.6 Å². The molecule has 202 valence electrons. The molecule has 1 aromatic carbocycles. The summed E-state index contributed by atoms with van der Waals surface area (Å²) in [6, 6.07) is 5.44. The number of ether oxygens (including phenoxy) is 2. The number of alkyl carbamates (subject to hydrolysis) is 1. The second-order valence-electron chi connectivity index (χ2n) is 9.47. The van der Waals surface area contributed by atoms with Crippen LogP contribution in [0.3, 0.4) is 0 Å². The third kappa shape index (κ3) is 10.9. The number of nitrogens with one attached hydrogen (secondary N) is 2. The summed E-state index contributed by atoms with van der Waals surface area (Å²) >= 11 is 1.55. The molecule has 0 bridgehead atoms. The minimum absolute atomic E-state index is 0.297. The van der Waals surface area contributed by atoms with Gasteiger partial charge in [0.05, 0.1) is 7.11 Å². The van der Waals surface area contributed by atoms with Crippen molar-refractivity contribution in [2.45, 2.75) is 71.6 Å². The Morgan fingerprint density at radius 3 is 2.28 bits per heavy atom. The van der Waals surface area contributed by atoms with Gasteiger partial charge in [-0.3, -0.25) is 14.4 Å². The summed E-state index contributed by atoms with van der Waals surface area (Å²) in [5.41, 5.74) is 0.883. The Labute approximate surface area is 219 Å². The van der Waals surface area contributed by atoms with Crippen molar-refractivity contribution in [2.75, 3.05) is 32.2 Å². The molecule has 9 nitrogen and oxygen atoms in total. The summed E-state index contributed by atoms with van der Waals surface area (Å²) in [6.45, 7) is 9.14. The fraction of sp³-hybridized carbons (Fsp3) is 0.615. The first-order chi connectivity index (χ1) is 16.9. The smallest absolute Gasteiger partial charge is 0.408 e. The van der Waals surface area contributed by atoms with Crippen LogP contribution >= 0.6 is 11.8 Å². The van der Waals surface area contributed by atoms with Gasteiger partial charge in [0.25, 0.3) is 0 Å². The van der Waals surface area contributed by atoms with E-state index in [9.17, 15) is 19.2 Å². The molecule has 1 aromatic rings. The van der Waals surface area contributed by atoms with Gasteiger partial charge in [-0.25, -0.2) is 4.79 Å². The maximum absolute atomic E-state index is 13.9. The van der Waals surface area contributed by atoms with E-state index in [1.807, 2.05) is 32.2 Å². The molecule has 0 aliphatic rings. The Kier molecular flexibility index (Phi) is 13.4. The van der Waals surface area contributed by atoms with Crippen molar-refractivity contribution in [1.82, 2.24) is 15.5 Å². The first-order valence-corrected chi connectivity index (χ1v) is 13.5. The van der Waals surface area contributed by atoms with Gasteiger partial charge in [-0.05, 0) is 58.1 Å². The van der Waals surface area contributed by atoms with Gasteiger partial charge in [-0.2, -0.15) is 11.8 Å². The quantitative estimate of drug-likeness (QED) is 0.380. The van der Waals surface area contributed by atoms with E-state index >= 15 is 0 Å². The number of thioether (sulfide) groups is 1. The predicted octanol–water partition coefficient (Wildman–Crippen LogP) is 3.60. The minimum atomic E-state index is -0.994. The van der Waals surface area contributed by atoms with Crippen molar-refractivity contribution in [1.29, 1.82) is 0 Å². The Bertz CT molecular complexity index is 869.